The van der Waals surface area contributed by atoms with Crippen molar-refractivity contribution in [1.82, 2.24) is 9.80 Å². The van der Waals surface area contributed by atoms with Crippen molar-refractivity contribution < 1.29 is 23.6 Å². The minimum atomic E-state index is -0.364. The van der Waals surface area contributed by atoms with E-state index in [-0.39, 0.29) is 47.7 Å². The number of hydrogen-bond donors (Lipinski definition) is 2. The summed E-state index contributed by atoms with van der Waals surface area (Å²) in [6.45, 7) is 4.46. The quantitative estimate of drug-likeness (QED) is 0.495. The van der Waals surface area contributed by atoms with Crippen LogP contribution in [-0.2, 0) is 19.2 Å². The van der Waals surface area contributed by atoms with E-state index >= 15 is 0 Å². The predicted octanol–water partition coefficient (Wildman–Crippen LogP) is 2.98. The summed E-state index contributed by atoms with van der Waals surface area (Å²) < 4.78 is 13.7. The molecule has 4 rings (SSSR count). The van der Waals surface area contributed by atoms with Crippen molar-refractivity contribution in [1.29, 1.82) is 0 Å². The largest absolute Gasteiger partial charge is 0.370 e. The van der Waals surface area contributed by atoms with Crippen molar-refractivity contribution in [2.45, 2.75) is 57.3 Å². The Balaban J connectivity index is 0.000000211. The van der Waals surface area contributed by atoms with Gasteiger partial charge in [-0.15, -0.1) is 0 Å². The molecule has 38 heavy (non-hydrogen) atoms. The van der Waals surface area contributed by atoms with Crippen LogP contribution in [0.1, 0.15) is 67.1 Å². The highest BCUT2D eigenvalue weighted by molar-refractivity contribution is 5.80. The number of likely N-dealkylation sites (tertiary alicyclic amines) is 2. The van der Waals surface area contributed by atoms with Crippen LogP contribution in [0.3, 0.4) is 0 Å². The van der Waals surface area contributed by atoms with Gasteiger partial charge < -0.3 is 21.3 Å². The Bertz CT molecular complexity index is 1150. The number of rotatable bonds is 10. The Hall–Kier alpha value is -3.75. The normalized spacial score (nSPS) is 18.9. The molecule has 9 heteroatoms. The number of carbonyl (C=O) groups excluding carboxylic acids is 4. The summed E-state index contributed by atoms with van der Waals surface area (Å²) in [5.74, 6) is -0.560. The molecule has 2 saturated heterocycles. The number of nitrogens with zero attached hydrogens (tertiary/aromatic N) is 2. The average Bonchev–Trinajstić information content (AvgIpc) is 3.41. The molecular formula is C29H37FN4O4. The monoisotopic (exact) mass is 524 g/mol. The lowest BCUT2D eigenvalue weighted by Gasteiger charge is -2.16. The molecule has 2 unspecified atom stereocenters. The number of nitrogens with two attached hydrogens (primary N) is 2. The number of amides is 4. The Morgan fingerprint density at radius 3 is 1.95 bits per heavy atom. The van der Waals surface area contributed by atoms with Crippen molar-refractivity contribution in [3.8, 4) is 0 Å². The Kier molecular flexibility index (Phi) is 10.4. The molecule has 0 aliphatic carbocycles. The number of primary amides is 2. The molecular weight excluding hydrogens is 487 g/mol. The van der Waals surface area contributed by atoms with Crippen LogP contribution in [-0.4, -0.2) is 59.6 Å². The topological polar surface area (TPSA) is 127 Å². The zero-order valence-corrected chi connectivity index (χ0v) is 21.9. The maximum absolute atomic E-state index is 13.7. The third-order valence-electron chi connectivity index (χ3n) is 6.99. The van der Waals surface area contributed by atoms with Gasteiger partial charge in [0.05, 0.1) is 0 Å². The van der Waals surface area contributed by atoms with Gasteiger partial charge in [0.2, 0.25) is 23.6 Å². The highest BCUT2D eigenvalue weighted by atomic mass is 19.1. The van der Waals surface area contributed by atoms with E-state index in [4.69, 9.17) is 11.5 Å². The van der Waals surface area contributed by atoms with Gasteiger partial charge in [0.25, 0.3) is 0 Å². The van der Waals surface area contributed by atoms with Gasteiger partial charge in [-0.05, 0) is 37.0 Å². The first-order valence-corrected chi connectivity index (χ1v) is 13.1. The first-order chi connectivity index (χ1) is 18.1. The molecule has 8 nitrogen and oxygen atoms in total. The van der Waals surface area contributed by atoms with Gasteiger partial charge >= 0.3 is 0 Å². The van der Waals surface area contributed by atoms with Crippen molar-refractivity contribution in [3.05, 3.63) is 71.0 Å². The summed E-state index contributed by atoms with van der Waals surface area (Å²) >= 11 is 0. The van der Waals surface area contributed by atoms with Crippen LogP contribution >= 0.6 is 0 Å². The average molecular weight is 525 g/mol. The molecule has 0 bridgehead atoms. The molecule has 0 spiro atoms. The lowest BCUT2D eigenvalue weighted by Crippen LogP contribution is -2.27. The van der Waals surface area contributed by atoms with Crippen LogP contribution in [0.2, 0.25) is 0 Å². The first kappa shape index (κ1) is 28.8. The molecule has 2 fully saturated rings. The van der Waals surface area contributed by atoms with E-state index < -0.39 is 0 Å². The first-order valence-electron chi connectivity index (χ1n) is 13.1. The predicted molar refractivity (Wildman–Crippen MR) is 142 cm³/mol. The van der Waals surface area contributed by atoms with Gasteiger partial charge in [-0.2, -0.15) is 0 Å². The van der Waals surface area contributed by atoms with E-state index in [1.165, 1.54) is 17.2 Å². The third kappa shape index (κ3) is 8.39. The van der Waals surface area contributed by atoms with Gasteiger partial charge in [0.15, 0.2) is 0 Å². The molecule has 204 valence electrons. The van der Waals surface area contributed by atoms with E-state index in [0.29, 0.717) is 57.3 Å². The number of aryl methyl sites for hydroxylation is 1. The number of halogens is 1. The van der Waals surface area contributed by atoms with Crippen molar-refractivity contribution in [2.24, 2.45) is 11.5 Å². The molecule has 0 radical (unpaired) electrons. The lowest BCUT2D eigenvalue weighted by molar-refractivity contribution is -0.128. The van der Waals surface area contributed by atoms with Crippen molar-refractivity contribution >= 4 is 23.6 Å². The zero-order valence-electron chi connectivity index (χ0n) is 21.9. The SMILES string of the molecule is Cc1cccc(C2CC(=O)N(CCCC(N)=O)C2)c1.NC(=O)CCCN1CC(c2ccccc2F)CC1=O. The maximum Gasteiger partial charge on any atom is 0.223 e. The van der Waals surface area contributed by atoms with Crippen LogP contribution in [0.5, 0.6) is 0 Å². The van der Waals surface area contributed by atoms with E-state index in [1.807, 2.05) is 11.0 Å². The van der Waals surface area contributed by atoms with E-state index in [2.05, 4.69) is 25.1 Å². The lowest BCUT2D eigenvalue weighted by atomic mass is 9.97. The van der Waals surface area contributed by atoms with E-state index in [0.717, 1.165) is 6.54 Å². The third-order valence-corrected chi connectivity index (χ3v) is 6.99. The fraction of sp³-hybridized carbons (Fsp3) is 0.448. The van der Waals surface area contributed by atoms with Crippen LogP contribution in [0, 0.1) is 12.7 Å². The van der Waals surface area contributed by atoms with Crippen LogP contribution in [0.15, 0.2) is 48.5 Å². The Morgan fingerprint density at radius 1 is 0.842 bits per heavy atom. The van der Waals surface area contributed by atoms with Gasteiger partial charge in [0, 0.05) is 63.7 Å². The van der Waals surface area contributed by atoms with Crippen LogP contribution in [0.4, 0.5) is 4.39 Å². The standard InChI is InChI=1S/C15H20N2O2.C14H17FN2O2/c1-11-4-2-5-12(8-11)13-9-15(19)17(10-13)7-3-6-14(16)18;15-12-5-2-1-4-11(12)10-8-14(19)17(9-10)7-3-6-13(16)18/h2,4-5,8,13H,3,6-7,9-10H2,1H3,(H2,16,18);1-2,4-5,10H,3,6-9H2,(H2,16,18). The van der Waals surface area contributed by atoms with Gasteiger partial charge in [-0.25, -0.2) is 4.39 Å². The minimum absolute atomic E-state index is 0.0118. The fourth-order valence-corrected chi connectivity index (χ4v) is 5.03. The second kappa shape index (κ2) is 13.7. The second-order valence-corrected chi connectivity index (χ2v) is 10.1. The zero-order chi connectivity index (χ0) is 27.7. The molecule has 2 aromatic carbocycles. The molecule has 2 aliphatic heterocycles. The maximum atomic E-state index is 13.7. The van der Waals surface area contributed by atoms with Crippen LogP contribution in [0.25, 0.3) is 0 Å². The van der Waals surface area contributed by atoms with Crippen molar-refractivity contribution in [3.63, 3.8) is 0 Å². The van der Waals surface area contributed by atoms with Gasteiger partial charge in [-0.1, -0.05) is 48.0 Å². The Morgan fingerprint density at radius 2 is 1.39 bits per heavy atom. The van der Waals surface area contributed by atoms with E-state index in [9.17, 15) is 23.6 Å². The van der Waals surface area contributed by atoms with Crippen molar-refractivity contribution in [2.75, 3.05) is 26.2 Å². The highest BCUT2D eigenvalue weighted by Gasteiger charge is 2.32. The fourth-order valence-electron chi connectivity index (χ4n) is 5.03. The summed E-state index contributed by atoms with van der Waals surface area (Å²) in [4.78, 5) is 48.6. The van der Waals surface area contributed by atoms with Gasteiger partial charge in [-0.3, -0.25) is 19.2 Å². The minimum Gasteiger partial charge on any atom is -0.370 e. The molecule has 2 atom stereocenters. The smallest absolute Gasteiger partial charge is 0.223 e. The van der Waals surface area contributed by atoms with Gasteiger partial charge in [0.1, 0.15) is 5.82 Å². The molecule has 0 aromatic heterocycles. The molecule has 4 amide bonds. The molecule has 2 aliphatic rings. The summed E-state index contributed by atoms with van der Waals surface area (Å²) in [5, 5.41) is 0. The molecule has 2 heterocycles. The van der Waals surface area contributed by atoms with E-state index in [1.54, 1.807) is 23.1 Å². The Labute approximate surface area is 223 Å². The molecule has 0 saturated carbocycles. The summed E-state index contributed by atoms with van der Waals surface area (Å²) in [6.07, 6.45) is 2.73. The molecule has 2 aromatic rings. The second-order valence-electron chi connectivity index (χ2n) is 10.1. The van der Waals surface area contributed by atoms with Crippen LogP contribution < -0.4 is 11.5 Å². The summed E-state index contributed by atoms with van der Waals surface area (Å²) in [5.41, 5.74) is 13.2. The summed E-state index contributed by atoms with van der Waals surface area (Å²) in [6, 6.07) is 14.9. The highest BCUT2D eigenvalue weighted by Crippen LogP contribution is 2.30. The number of benzene rings is 2. The summed E-state index contributed by atoms with van der Waals surface area (Å²) in [7, 11) is 0. The number of hydrogen-bond acceptors (Lipinski definition) is 4. The molecule has 4 N–H and O–H groups in total. The number of carbonyl (C=O) groups is 4.